The summed E-state index contributed by atoms with van der Waals surface area (Å²) in [5.41, 5.74) is 0. The molecule has 16 nitrogen and oxygen atoms in total. The minimum Gasteiger partial charge on any atom is -0.390 e. The first-order valence-electron chi connectivity index (χ1n) is 18.9. The zero-order valence-electron chi connectivity index (χ0n) is 32.7. The average Bonchev–Trinajstić information content (AvgIpc) is 3.12. The molecule has 2 unspecified atom stereocenters. The van der Waals surface area contributed by atoms with E-state index in [0.717, 1.165) is 0 Å². The van der Waals surface area contributed by atoms with Crippen molar-refractivity contribution in [1.82, 2.24) is 36.8 Å². The molecular weight excluding hydrogens is 686 g/mol. The Hall–Kier alpha value is -4.05. The van der Waals surface area contributed by atoms with E-state index < -0.39 is 114 Å². The molecule has 2 fully saturated rings. The van der Waals surface area contributed by atoms with Gasteiger partial charge in [0.2, 0.25) is 41.4 Å². The highest BCUT2D eigenvalue weighted by molar-refractivity contribution is 5.98. The van der Waals surface area contributed by atoms with Gasteiger partial charge in [-0.15, -0.1) is 6.58 Å². The summed E-state index contributed by atoms with van der Waals surface area (Å²) in [4.78, 5) is 97.6. The SMILES string of the molecule is C=C[C@H](C)C[C@@H]1NC(=O)[C@H]([C@@H](O)C(C)C)NC(=O)[C@H](C)NC(=O)C([C@@H](C)CC)NC(=O)C([C@H](O)C(C)C)NC(=O)[C@H]2CCCCN2C(=O)[C@H](C)NC1=O. The van der Waals surface area contributed by atoms with Crippen LogP contribution in [0.1, 0.15) is 94.4 Å². The second-order valence-corrected chi connectivity index (χ2v) is 15.3. The van der Waals surface area contributed by atoms with E-state index in [1.54, 1.807) is 54.5 Å². The molecule has 2 saturated heterocycles. The molecule has 16 heteroatoms. The van der Waals surface area contributed by atoms with Gasteiger partial charge in [-0.3, -0.25) is 33.6 Å². The fourth-order valence-corrected chi connectivity index (χ4v) is 6.28. The Balaban J connectivity index is 2.69. The molecule has 2 aliphatic heterocycles. The number of hydrogen-bond donors (Lipinski definition) is 8. The third kappa shape index (κ3) is 12.2. The normalized spacial score (nSPS) is 29.9. The van der Waals surface area contributed by atoms with Crippen molar-refractivity contribution in [2.45, 2.75) is 149 Å². The van der Waals surface area contributed by atoms with Gasteiger partial charge in [-0.05, 0) is 63.2 Å². The average molecular weight is 750 g/mol. The molecule has 0 aromatic heterocycles. The lowest BCUT2D eigenvalue weighted by atomic mass is 9.94. The Morgan fingerprint density at radius 3 is 1.70 bits per heavy atom. The molecular formula is C37H63N7O9. The van der Waals surface area contributed by atoms with Gasteiger partial charge in [0.15, 0.2) is 0 Å². The largest absolute Gasteiger partial charge is 0.390 e. The van der Waals surface area contributed by atoms with Crippen molar-refractivity contribution in [1.29, 1.82) is 0 Å². The van der Waals surface area contributed by atoms with Crippen LogP contribution in [-0.4, -0.2) is 118 Å². The minimum absolute atomic E-state index is 0.0687. The number of piperidine rings is 1. The third-order valence-electron chi connectivity index (χ3n) is 10.2. The third-order valence-corrected chi connectivity index (χ3v) is 10.2. The predicted octanol–water partition coefficient (Wildman–Crippen LogP) is -0.378. The molecule has 11 atom stereocenters. The fourth-order valence-electron chi connectivity index (χ4n) is 6.28. The first-order valence-corrected chi connectivity index (χ1v) is 18.9. The molecule has 0 aromatic rings. The zero-order valence-corrected chi connectivity index (χ0v) is 32.7. The van der Waals surface area contributed by atoms with Gasteiger partial charge >= 0.3 is 0 Å². The zero-order chi connectivity index (χ0) is 40.3. The molecule has 0 aromatic carbocycles. The van der Waals surface area contributed by atoms with Crippen LogP contribution in [0.25, 0.3) is 0 Å². The molecule has 0 bridgehead atoms. The molecule has 0 radical (unpaired) electrons. The summed E-state index contributed by atoms with van der Waals surface area (Å²) in [5.74, 6) is -6.98. The highest BCUT2D eigenvalue weighted by atomic mass is 16.3. The van der Waals surface area contributed by atoms with Gasteiger partial charge in [0, 0.05) is 6.54 Å². The lowest BCUT2D eigenvalue weighted by molar-refractivity contribution is -0.146. The minimum atomic E-state index is -1.54. The van der Waals surface area contributed by atoms with Gasteiger partial charge in [0.25, 0.3) is 0 Å². The number of aliphatic hydroxyl groups is 2. The maximum absolute atomic E-state index is 13.9. The van der Waals surface area contributed by atoms with E-state index in [1.165, 1.54) is 18.7 Å². The number of rotatable bonds is 9. The predicted molar refractivity (Wildman–Crippen MR) is 197 cm³/mol. The Kier molecular flexibility index (Phi) is 17.4. The van der Waals surface area contributed by atoms with Crippen molar-refractivity contribution in [2.24, 2.45) is 23.7 Å². The van der Waals surface area contributed by atoms with Crippen LogP contribution in [0.2, 0.25) is 0 Å². The number of nitrogens with zero attached hydrogens (tertiary/aromatic N) is 1. The van der Waals surface area contributed by atoms with E-state index in [2.05, 4.69) is 38.5 Å². The summed E-state index contributed by atoms with van der Waals surface area (Å²) in [7, 11) is 0. The summed E-state index contributed by atoms with van der Waals surface area (Å²) >= 11 is 0. The first-order chi connectivity index (χ1) is 24.7. The van der Waals surface area contributed by atoms with Crippen LogP contribution in [0, 0.1) is 23.7 Å². The van der Waals surface area contributed by atoms with Gasteiger partial charge < -0.3 is 47.0 Å². The Morgan fingerprint density at radius 2 is 1.17 bits per heavy atom. The second-order valence-electron chi connectivity index (χ2n) is 15.3. The van der Waals surface area contributed by atoms with Crippen molar-refractivity contribution in [3.05, 3.63) is 12.7 Å². The lowest BCUT2D eigenvalue weighted by Crippen LogP contribution is -2.63. The van der Waals surface area contributed by atoms with Crippen molar-refractivity contribution in [3.8, 4) is 0 Å². The van der Waals surface area contributed by atoms with Gasteiger partial charge in [0.1, 0.15) is 42.3 Å². The van der Waals surface area contributed by atoms with Gasteiger partial charge in [-0.2, -0.15) is 0 Å². The fraction of sp³-hybridized carbons (Fsp3) is 0.757. The monoisotopic (exact) mass is 749 g/mol. The van der Waals surface area contributed by atoms with Gasteiger partial charge in [-0.1, -0.05) is 61.0 Å². The van der Waals surface area contributed by atoms with Crippen molar-refractivity contribution in [3.63, 3.8) is 0 Å². The van der Waals surface area contributed by atoms with Crippen LogP contribution in [0.5, 0.6) is 0 Å². The molecule has 8 N–H and O–H groups in total. The quantitative estimate of drug-likeness (QED) is 0.143. The highest BCUT2D eigenvalue weighted by Gasteiger charge is 2.41. The molecule has 0 saturated carbocycles. The molecule has 7 amide bonds. The number of amides is 7. The maximum Gasteiger partial charge on any atom is 0.245 e. The number of hydrogen-bond acceptors (Lipinski definition) is 9. The van der Waals surface area contributed by atoms with Crippen LogP contribution in [0.4, 0.5) is 0 Å². The van der Waals surface area contributed by atoms with Crippen molar-refractivity contribution < 1.29 is 43.8 Å². The van der Waals surface area contributed by atoms with Crippen LogP contribution < -0.4 is 31.9 Å². The van der Waals surface area contributed by atoms with E-state index in [1.807, 2.05) is 0 Å². The van der Waals surface area contributed by atoms with Gasteiger partial charge in [0.05, 0.1) is 12.2 Å². The van der Waals surface area contributed by atoms with Gasteiger partial charge in [-0.25, -0.2) is 0 Å². The summed E-state index contributed by atoms with van der Waals surface area (Å²) in [6.07, 6.45) is 0.760. The van der Waals surface area contributed by atoms with Crippen molar-refractivity contribution >= 4 is 41.4 Å². The van der Waals surface area contributed by atoms with E-state index in [4.69, 9.17) is 0 Å². The van der Waals surface area contributed by atoms with E-state index in [9.17, 15) is 43.8 Å². The molecule has 2 aliphatic rings. The van der Waals surface area contributed by atoms with E-state index >= 15 is 0 Å². The lowest BCUT2D eigenvalue weighted by Gasteiger charge is -2.38. The summed E-state index contributed by atoms with van der Waals surface area (Å²) in [6.45, 7) is 18.7. The van der Waals surface area contributed by atoms with E-state index in [0.29, 0.717) is 19.3 Å². The number of allylic oxidation sites excluding steroid dienone is 1. The van der Waals surface area contributed by atoms with Crippen LogP contribution >= 0.6 is 0 Å². The number of aliphatic hydroxyl groups excluding tert-OH is 2. The first kappa shape index (κ1) is 45.1. The Morgan fingerprint density at radius 1 is 0.679 bits per heavy atom. The summed E-state index contributed by atoms with van der Waals surface area (Å²) in [5, 5.41) is 37.9. The number of fused-ring (bicyclic) bond motifs is 1. The Bertz CT molecular complexity index is 1340. The standard InChI is InChI=1S/C37H63N7O9/c1-11-20(7)17-24-32(48)39-23(10)37(53)44-16-14-13-15-25(44)33(49)43-28(30(46)19(5)6)36(52)41-26(21(8)12-2)34(50)38-22(9)31(47)42-27(35(51)40-24)29(45)18(3)4/h11,18-30,45-46H,1,12-17H2,2-10H3,(H,38,50)(H,39,48)(H,40,51)(H,41,52)(H,42,47)(H,43,49)/t20-,21-,22-,23-,24-,25+,26?,27-,28?,29-,30+/m0/s1. The number of carbonyl (C=O) groups is 7. The smallest absolute Gasteiger partial charge is 0.245 e. The molecule has 0 aliphatic carbocycles. The molecule has 2 rings (SSSR count). The molecule has 53 heavy (non-hydrogen) atoms. The second kappa shape index (κ2) is 20.4. The van der Waals surface area contributed by atoms with Crippen LogP contribution in [0.3, 0.4) is 0 Å². The molecule has 0 spiro atoms. The maximum atomic E-state index is 13.9. The number of carbonyl (C=O) groups excluding carboxylic acids is 7. The molecule has 300 valence electrons. The van der Waals surface area contributed by atoms with Crippen LogP contribution in [-0.2, 0) is 33.6 Å². The topological polar surface area (TPSA) is 235 Å². The summed E-state index contributed by atoms with van der Waals surface area (Å²) in [6, 6.07) is -8.89. The number of nitrogens with one attached hydrogen (secondary N) is 6. The summed E-state index contributed by atoms with van der Waals surface area (Å²) < 4.78 is 0. The highest BCUT2D eigenvalue weighted by Crippen LogP contribution is 2.20. The van der Waals surface area contributed by atoms with E-state index in [-0.39, 0.29) is 25.3 Å². The Labute approximate surface area is 313 Å². The van der Waals surface area contributed by atoms with Crippen LogP contribution in [0.15, 0.2) is 12.7 Å². The molecule has 2 heterocycles. The van der Waals surface area contributed by atoms with Crippen molar-refractivity contribution in [2.75, 3.05) is 6.54 Å².